The molecule has 142 valence electrons. The van der Waals surface area contributed by atoms with E-state index in [0.29, 0.717) is 32.8 Å². The topological polar surface area (TPSA) is 73.9 Å². The third-order valence-electron chi connectivity index (χ3n) is 3.41. The summed E-state index contributed by atoms with van der Waals surface area (Å²) in [4.78, 5) is 23.8. The molecule has 0 saturated heterocycles. The van der Waals surface area contributed by atoms with Crippen LogP contribution in [-0.2, 0) is 14.3 Å². The monoisotopic (exact) mass is 409 g/mol. The lowest BCUT2D eigenvalue weighted by Gasteiger charge is -2.11. The molecule has 0 atom stereocenters. The second-order valence-electron chi connectivity index (χ2n) is 5.19. The van der Waals surface area contributed by atoms with Crippen LogP contribution in [0.2, 0.25) is 10.0 Å². The molecule has 0 aliphatic carbocycles. The molecule has 0 aromatic heterocycles. The number of carbonyl (C=O) groups excluding carboxylic acids is 2. The number of amides is 1. The third-order valence-corrected chi connectivity index (χ3v) is 4.07. The van der Waals surface area contributed by atoms with Gasteiger partial charge in [-0.1, -0.05) is 29.3 Å². The van der Waals surface area contributed by atoms with Gasteiger partial charge in [-0.3, -0.25) is 4.79 Å². The van der Waals surface area contributed by atoms with Gasteiger partial charge in [0.1, 0.15) is 11.5 Å². The zero-order valence-electron chi connectivity index (χ0n) is 14.6. The molecule has 27 heavy (non-hydrogen) atoms. The Bertz CT molecular complexity index is 847. The lowest BCUT2D eigenvalue weighted by Crippen LogP contribution is -2.20. The van der Waals surface area contributed by atoms with E-state index in [-0.39, 0.29) is 0 Å². The van der Waals surface area contributed by atoms with E-state index >= 15 is 0 Å². The van der Waals surface area contributed by atoms with Crippen molar-refractivity contribution in [1.82, 2.24) is 0 Å². The summed E-state index contributed by atoms with van der Waals surface area (Å²) in [6, 6.07) is 9.90. The van der Waals surface area contributed by atoms with E-state index in [9.17, 15) is 9.59 Å². The number of methoxy groups -OCH3 is 2. The first-order valence-corrected chi connectivity index (χ1v) is 8.51. The van der Waals surface area contributed by atoms with E-state index in [4.69, 9.17) is 37.4 Å². The molecular formula is C19H17Cl2NO5. The van der Waals surface area contributed by atoms with Gasteiger partial charge in [-0.25, -0.2) is 4.79 Å². The Hall–Kier alpha value is -2.70. The van der Waals surface area contributed by atoms with Crippen molar-refractivity contribution >= 4 is 46.8 Å². The molecule has 0 aliphatic rings. The van der Waals surface area contributed by atoms with Gasteiger partial charge in [-0.05, 0) is 30.3 Å². The number of ether oxygens (including phenoxy) is 3. The molecule has 2 aromatic carbocycles. The van der Waals surface area contributed by atoms with Crippen LogP contribution >= 0.6 is 23.2 Å². The second kappa shape index (κ2) is 9.85. The number of carbonyl (C=O) groups is 2. The summed E-state index contributed by atoms with van der Waals surface area (Å²) >= 11 is 12.0. The molecule has 0 heterocycles. The highest BCUT2D eigenvalue weighted by Crippen LogP contribution is 2.29. The number of benzene rings is 2. The first-order valence-electron chi connectivity index (χ1n) is 7.75. The van der Waals surface area contributed by atoms with Gasteiger partial charge in [0.05, 0.1) is 19.9 Å². The van der Waals surface area contributed by atoms with Gasteiger partial charge in [0.2, 0.25) is 0 Å². The summed E-state index contributed by atoms with van der Waals surface area (Å²) in [7, 11) is 2.99. The highest BCUT2D eigenvalue weighted by atomic mass is 35.5. The number of esters is 1. The van der Waals surface area contributed by atoms with Crippen molar-refractivity contribution in [2.75, 3.05) is 26.1 Å². The van der Waals surface area contributed by atoms with Crippen LogP contribution in [0.1, 0.15) is 5.56 Å². The summed E-state index contributed by atoms with van der Waals surface area (Å²) in [5, 5.41) is 3.40. The average molecular weight is 410 g/mol. The largest absolute Gasteiger partial charge is 0.497 e. The molecule has 0 unspecified atom stereocenters. The molecule has 0 radical (unpaired) electrons. The number of halogens is 2. The van der Waals surface area contributed by atoms with Crippen LogP contribution < -0.4 is 14.8 Å². The number of rotatable bonds is 7. The fourth-order valence-electron chi connectivity index (χ4n) is 2.09. The number of anilines is 1. The van der Waals surface area contributed by atoms with E-state index in [2.05, 4.69) is 5.32 Å². The van der Waals surface area contributed by atoms with Crippen LogP contribution in [0.15, 0.2) is 42.5 Å². The molecule has 0 saturated carbocycles. The molecule has 2 rings (SSSR count). The minimum absolute atomic E-state index is 0.399. The van der Waals surface area contributed by atoms with Crippen molar-refractivity contribution in [3.05, 3.63) is 58.1 Å². The minimum atomic E-state index is -0.706. The van der Waals surface area contributed by atoms with Crippen LogP contribution in [0.4, 0.5) is 5.69 Å². The Balaban J connectivity index is 1.92. The Morgan fingerprint density at radius 2 is 1.78 bits per heavy atom. The van der Waals surface area contributed by atoms with Crippen molar-refractivity contribution < 1.29 is 23.8 Å². The third kappa shape index (κ3) is 5.91. The van der Waals surface area contributed by atoms with Gasteiger partial charge in [0, 0.05) is 27.8 Å². The Morgan fingerprint density at radius 1 is 1.07 bits per heavy atom. The predicted molar refractivity (Wildman–Crippen MR) is 105 cm³/mol. The molecule has 2 aromatic rings. The molecular weight excluding hydrogens is 393 g/mol. The number of nitrogens with one attached hydrogen (secondary N) is 1. The van der Waals surface area contributed by atoms with Crippen molar-refractivity contribution in [2.24, 2.45) is 0 Å². The van der Waals surface area contributed by atoms with Gasteiger partial charge in [0.25, 0.3) is 5.91 Å². The number of hydrogen-bond donors (Lipinski definition) is 1. The fraction of sp³-hybridized carbons (Fsp3) is 0.158. The van der Waals surface area contributed by atoms with Crippen molar-refractivity contribution in [3.8, 4) is 11.5 Å². The molecule has 6 nitrogen and oxygen atoms in total. The average Bonchev–Trinajstić information content (AvgIpc) is 2.66. The van der Waals surface area contributed by atoms with Gasteiger partial charge in [-0.2, -0.15) is 0 Å². The molecule has 0 spiro atoms. The van der Waals surface area contributed by atoms with Crippen LogP contribution in [-0.4, -0.2) is 32.7 Å². The maximum atomic E-state index is 12.0. The normalized spacial score (nSPS) is 10.5. The Labute approximate surface area is 166 Å². The van der Waals surface area contributed by atoms with E-state index in [1.807, 2.05) is 0 Å². The molecule has 0 aliphatic heterocycles. The Morgan fingerprint density at radius 3 is 2.41 bits per heavy atom. The lowest BCUT2D eigenvalue weighted by molar-refractivity contribution is -0.142. The summed E-state index contributed by atoms with van der Waals surface area (Å²) < 4.78 is 15.2. The Kier molecular flexibility index (Phi) is 7.52. The van der Waals surface area contributed by atoms with E-state index < -0.39 is 18.5 Å². The van der Waals surface area contributed by atoms with E-state index in [1.165, 1.54) is 20.3 Å². The molecule has 8 heteroatoms. The molecule has 1 N–H and O–H groups in total. The first kappa shape index (κ1) is 20.6. The summed E-state index contributed by atoms with van der Waals surface area (Å²) in [5.41, 5.74) is 0.919. The van der Waals surface area contributed by atoms with Gasteiger partial charge in [-0.15, -0.1) is 0 Å². The van der Waals surface area contributed by atoms with Crippen molar-refractivity contribution in [1.29, 1.82) is 0 Å². The van der Waals surface area contributed by atoms with Crippen LogP contribution in [0.5, 0.6) is 11.5 Å². The van der Waals surface area contributed by atoms with Crippen LogP contribution in [0, 0.1) is 0 Å². The first-order chi connectivity index (χ1) is 12.9. The predicted octanol–water partition coefficient (Wildman–Crippen LogP) is 4.21. The van der Waals surface area contributed by atoms with Gasteiger partial charge >= 0.3 is 5.97 Å². The van der Waals surface area contributed by atoms with Crippen molar-refractivity contribution in [3.63, 3.8) is 0 Å². The van der Waals surface area contributed by atoms with Gasteiger partial charge in [0.15, 0.2) is 6.61 Å². The van der Waals surface area contributed by atoms with Gasteiger partial charge < -0.3 is 19.5 Å². The lowest BCUT2D eigenvalue weighted by atomic mass is 10.2. The van der Waals surface area contributed by atoms with Crippen LogP contribution in [0.3, 0.4) is 0 Å². The van der Waals surface area contributed by atoms with Crippen LogP contribution in [0.25, 0.3) is 6.08 Å². The zero-order valence-corrected chi connectivity index (χ0v) is 16.1. The minimum Gasteiger partial charge on any atom is -0.497 e. The summed E-state index contributed by atoms with van der Waals surface area (Å²) in [6.45, 7) is -0.464. The second-order valence-corrected chi connectivity index (χ2v) is 6.01. The maximum Gasteiger partial charge on any atom is 0.331 e. The smallest absolute Gasteiger partial charge is 0.331 e. The van der Waals surface area contributed by atoms with E-state index in [1.54, 1.807) is 36.4 Å². The molecule has 1 amide bonds. The van der Waals surface area contributed by atoms with E-state index in [0.717, 1.165) is 6.08 Å². The maximum absolute atomic E-state index is 12.0. The standard InChI is InChI=1S/C19H17Cl2NO5/c1-25-12-6-8-16(17(10-12)26-2)22-18(23)11-27-19(24)9-7-13-14(20)4-3-5-15(13)21/h3-10H,11H2,1-2H3,(H,22,23)/b9-7+. The molecule has 0 fully saturated rings. The van der Waals surface area contributed by atoms with Crippen molar-refractivity contribution in [2.45, 2.75) is 0 Å². The summed E-state index contributed by atoms with van der Waals surface area (Å²) in [5.74, 6) is -0.222. The fourth-order valence-corrected chi connectivity index (χ4v) is 2.62. The number of hydrogen-bond acceptors (Lipinski definition) is 5. The summed E-state index contributed by atoms with van der Waals surface area (Å²) in [6.07, 6.45) is 2.58. The molecule has 0 bridgehead atoms. The highest BCUT2D eigenvalue weighted by Gasteiger charge is 2.11. The highest BCUT2D eigenvalue weighted by molar-refractivity contribution is 6.37. The quantitative estimate of drug-likeness (QED) is 0.547. The zero-order chi connectivity index (χ0) is 19.8. The SMILES string of the molecule is COc1ccc(NC(=O)COC(=O)/C=C/c2c(Cl)cccc2Cl)c(OC)c1.